The Morgan fingerprint density at radius 1 is 0.789 bits per heavy atom. The monoisotopic (exact) mass is 512 g/mol. The summed E-state index contributed by atoms with van der Waals surface area (Å²) >= 11 is 0. The first-order chi connectivity index (χ1) is 18.4. The number of hydrazine groups is 1. The lowest BCUT2D eigenvalue weighted by atomic mass is 10.0. The van der Waals surface area contributed by atoms with Gasteiger partial charge in [-0.3, -0.25) is 5.43 Å². The van der Waals surface area contributed by atoms with Gasteiger partial charge in [-0.2, -0.15) is 0 Å². The van der Waals surface area contributed by atoms with E-state index in [-0.39, 0.29) is 24.2 Å². The van der Waals surface area contributed by atoms with Gasteiger partial charge in [0.15, 0.2) is 0 Å². The van der Waals surface area contributed by atoms with E-state index in [4.69, 9.17) is 4.74 Å². The fourth-order valence-corrected chi connectivity index (χ4v) is 4.09. The van der Waals surface area contributed by atoms with Crippen molar-refractivity contribution in [3.8, 4) is 11.5 Å². The van der Waals surface area contributed by atoms with Gasteiger partial charge in [-0.25, -0.2) is 18.6 Å². The van der Waals surface area contributed by atoms with E-state index in [2.05, 4.69) is 10.7 Å². The van der Waals surface area contributed by atoms with E-state index in [9.17, 15) is 13.6 Å². The minimum absolute atomic E-state index is 0.230. The first kappa shape index (κ1) is 24.8. The highest BCUT2D eigenvalue weighted by atomic mass is 19.1. The number of hydrogen-bond acceptors (Lipinski definition) is 4. The summed E-state index contributed by atoms with van der Waals surface area (Å²) in [6.07, 6.45) is 0. The molecule has 0 atom stereocenters. The molecule has 1 aliphatic rings. The highest BCUT2D eigenvalue weighted by molar-refractivity contribution is 5.98. The summed E-state index contributed by atoms with van der Waals surface area (Å²) in [4.78, 5) is 15.1. The number of carbonyl (C=O) groups excluding carboxylic acids is 1. The van der Waals surface area contributed by atoms with Crippen molar-refractivity contribution in [3.05, 3.63) is 120 Å². The van der Waals surface area contributed by atoms with Crippen LogP contribution in [-0.2, 0) is 0 Å². The fourth-order valence-electron chi connectivity index (χ4n) is 4.09. The quantitative estimate of drug-likeness (QED) is 0.300. The molecule has 0 unspecified atom stereocenters. The molecule has 0 radical (unpaired) electrons. The van der Waals surface area contributed by atoms with Gasteiger partial charge in [0.05, 0.1) is 12.2 Å². The number of anilines is 2. The topological polar surface area (TPSA) is 56.8 Å². The minimum atomic E-state index is -0.380. The van der Waals surface area contributed by atoms with Crippen LogP contribution in [0.15, 0.2) is 97.1 Å². The van der Waals surface area contributed by atoms with E-state index in [1.165, 1.54) is 29.3 Å². The lowest BCUT2D eigenvalue weighted by Crippen LogP contribution is -2.40. The predicted octanol–water partition coefficient (Wildman–Crippen LogP) is 6.74. The minimum Gasteiger partial charge on any atom is -0.457 e. The van der Waals surface area contributed by atoms with Crippen molar-refractivity contribution in [1.29, 1.82) is 0 Å². The summed E-state index contributed by atoms with van der Waals surface area (Å²) in [6.45, 7) is 0.230. The Morgan fingerprint density at radius 2 is 1.32 bits per heavy atom. The second-order valence-corrected chi connectivity index (χ2v) is 9.01. The molecule has 0 fully saturated rings. The summed E-state index contributed by atoms with van der Waals surface area (Å²) in [7, 11) is 3.95. The van der Waals surface area contributed by atoms with Crippen molar-refractivity contribution in [2.75, 3.05) is 30.9 Å². The summed E-state index contributed by atoms with van der Waals surface area (Å²) in [5.41, 5.74) is 7.69. The Morgan fingerprint density at radius 3 is 1.87 bits per heavy atom. The highest BCUT2D eigenvalue weighted by Crippen LogP contribution is 2.31. The number of carbonyl (C=O) groups is 1. The van der Waals surface area contributed by atoms with E-state index >= 15 is 0 Å². The standard InChI is InChI=1S/C30H26F2N4O2/c1-35(2)25-13-17-27(18-14-25)38-26-15-11-24(12-16-26)33-30(37)36-19-28(20-3-7-22(31)8-4-20)29(34-36)21-5-9-23(32)10-6-21/h3-18,34H,19H2,1-2H3,(H,33,37). The number of rotatable bonds is 6. The third-order valence-corrected chi connectivity index (χ3v) is 6.13. The lowest BCUT2D eigenvalue weighted by Gasteiger charge is -2.19. The normalized spacial score (nSPS) is 12.8. The molecule has 0 spiro atoms. The maximum absolute atomic E-state index is 13.5. The second-order valence-electron chi connectivity index (χ2n) is 9.01. The molecule has 2 N–H and O–H groups in total. The maximum Gasteiger partial charge on any atom is 0.340 e. The van der Waals surface area contributed by atoms with Crippen molar-refractivity contribution < 1.29 is 18.3 Å². The average molecular weight is 513 g/mol. The van der Waals surface area contributed by atoms with Crippen molar-refractivity contribution in [2.45, 2.75) is 0 Å². The van der Waals surface area contributed by atoms with E-state index in [0.717, 1.165) is 16.8 Å². The molecule has 38 heavy (non-hydrogen) atoms. The molecule has 4 aromatic carbocycles. The van der Waals surface area contributed by atoms with Crippen LogP contribution in [0.1, 0.15) is 11.1 Å². The predicted molar refractivity (Wildman–Crippen MR) is 146 cm³/mol. The summed E-state index contributed by atoms with van der Waals surface area (Å²) < 4.78 is 32.9. The molecular weight excluding hydrogens is 486 g/mol. The van der Waals surface area contributed by atoms with Gasteiger partial charge in [0, 0.05) is 31.0 Å². The van der Waals surface area contributed by atoms with Crippen LogP contribution in [0.5, 0.6) is 11.5 Å². The third-order valence-electron chi connectivity index (χ3n) is 6.13. The van der Waals surface area contributed by atoms with Crippen LogP contribution in [0, 0.1) is 11.6 Å². The SMILES string of the molecule is CN(C)c1ccc(Oc2ccc(NC(=O)N3CC(c4ccc(F)cc4)=C(c4ccc(F)cc4)N3)cc2)cc1. The van der Waals surface area contributed by atoms with Crippen molar-refractivity contribution in [1.82, 2.24) is 10.4 Å². The van der Waals surface area contributed by atoms with E-state index in [1.807, 2.05) is 43.3 Å². The molecule has 0 aromatic heterocycles. The van der Waals surface area contributed by atoms with Gasteiger partial charge < -0.3 is 15.0 Å². The van der Waals surface area contributed by atoms with Crippen molar-refractivity contribution >= 4 is 28.7 Å². The van der Waals surface area contributed by atoms with Gasteiger partial charge in [0.25, 0.3) is 0 Å². The number of urea groups is 1. The van der Waals surface area contributed by atoms with Crippen LogP contribution in [0.2, 0.25) is 0 Å². The smallest absolute Gasteiger partial charge is 0.340 e. The average Bonchev–Trinajstić information content (AvgIpc) is 3.37. The van der Waals surface area contributed by atoms with E-state index in [0.29, 0.717) is 28.4 Å². The lowest BCUT2D eigenvalue weighted by molar-refractivity contribution is 0.210. The van der Waals surface area contributed by atoms with Gasteiger partial charge in [-0.05, 0) is 96.1 Å². The zero-order chi connectivity index (χ0) is 26.6. The molecule has 0 bridgehead atoms. The summed E-state index contributed by atoms with van der Waals surface area (Å²) in [6, 6.07) is 26.5. The second kappa shape index (κ2) is 10.6. The Hall–Kier alpha value is -4.85. The number of nitrogens with one attached hydrogen (secondary N) is 2. The number of amides is 2. The number of hydrogen-bond donors (Lipinski definition) is 2. The van der Waals surface area contributed by atoms with Gasteiger partial charge in [0.2, 0.25) is 0 Å². The van der Waals surface area contributed by atoms with Gasteiger partial charge >= 0.3 is 6.03 Å². The molecule has 1 heterocycles. The molecule has 192 valence electrons. The first-order valence-electron chi connectivity index (χ1n) is 12.0. The maximum atomic E-state index is 13.5. The van der Waals surface area contributed by atoms with Gasteiger partial charge in [-0.1, -0.05) is 12.1 Å². The molecule has 6 nitrogen and oxygen atoms in total. The fraction of sp³-hybridized carbons (Fsp3) is 0.100. The number of benzene rings is 4. The molecule has 4 aromatic rings. The molecule has 8 heteroatoms. The number of halogens is 2. The molecule has 2 amide bonds. The summed E-state index contributed by atoms with van der Waals surface area (Å²) in [5, 5.41) is 4.30. The van der Waals surface area contributed by atoms with Crippen LogP contribution in [0.4, 0.5) is 25.0 Å². The van der Waals surface area contributed by atoms with E-state index in [1.54, 1.807) is 48.5 Å². The van der Waals surface area contributed by atoms with E-state index < -0.39 is 0 Å². The molecule has 0 saturated carbocycles. The van der Waals surface area contributed by atoms with Crippen molar-refractivity contribution in [2.24, 2.45) is 0 Å². The Bertz CT molecular complexity index is 1390. The zero-order valence-electron chi connectivity index (χ0n) is 20.9. The molecule has 1 aliphatic heterocycles. The van der Waals surface area contributed by atoms with Crippen LogP contribution in [-0.4, -0.2) is 31.7 Å². The largest absolute Gasteiger partial charge is 0.457 e. The highest BCUT2D eigenvalue weighted by Gasteiger charge is 2.27. The first-order valence-corrected chi connectivity index (χ1v) is 12.0. The zero-order valence-corrected chi connectivity index (χ0v) is 20.9. The van der Waals surface area contributed by atoms with Gasteiger partial charge in [0.1, 0.15) is 23.1 Å². The van der Waals surface area contributed by atoms with Crippen LogP contribution in [0.3, 0.4) is 0 Å². The molecular formula is C30H26F2N4O2. The summed E-state index contributed by atoms with van der Waals surface area (Å²) in [5.74, 6) is 0.639. The third kappa shape index (κ3) is 5.59. The number of nitrogens with zero attached hydrogens (tertiary/aromatic N) is 2. The molecule has 0 saturated heterocycles. The van der Waals surface area contributed by atoms with Crippen molar-refractivity contribution in [3.63, 3.8) is 0 Å². The Balaban J connectivity index is 1.28. The van der Waals surface area contributed by atoms with Crippen LogP contribution in [0.25, 0.3) is 11.3 Å². The molecule has 5 rings (SSSR count). The van der Waals surface area contributed by atoms with Gasteiger partial charge in [-0.15, -0.1) is 0 Å². The molecule has 0 aliphatic carbocycles. The number of ether oxygens (including phenoxy) is 1. The van der Waals surface area contributed by atoms with Crippen LogP contribution < -0.4 is 20.4 Å². The Kier molecular flexibility index (Phi) is 6.95. The van der Waals surface area contributed by atoms with Crippen LogP contribution >= 0.6 is 0 Å². The Labute approximate surface area is 219 Å².